The number of hydrogen-bond donors (Lipinski definition) is 3. The summed E-state index contributed by atoms with van der Waals surface area (Å²) in [7, 11) is 0. The number of nitrogens with zero attached hydrogens (tertiary/aromatic N) is 3. The van der Waals surface area contributed by atoms with Crippen LogP contribution in [0, 0.1) is 0 Å². The third-order valence-electron chi connectivity index (χ3n) is 3.51. The van der Waals surface area contributed by atoms with Gasteiger partial charge in [-0.25, -0.2) is 0 Å². The average Bonchev–Trinajstić information content (AvgIpc) is 3.23. The maximum Gasteiger partial charge on any atom is 0.223 e. The first-order valence-electron chi connectivity index (χ1n) is 7.25. The van der Waals surface area contributed by atoms with E-state index < -0.39 is 0 Å². The smallest absolute Gasteiger partial charge is 0.223 e. The Morgan fingerprint density at radius 2 is 2.00 bits per heavy atom. The minimum atomic E-state index is 0.310. The van der Waals surface area contributed by atoms with Crippen molar-refractivity contribution in [3.05, 3.63) is 6.07 Å². The summed E-state index contributed by atoms with van der Waals surface area (Å²) >= 11 is 0. The van der Waals surface area contributed by atoms with E-state index in [1.54, 1.807) is 0 Å². The van der Waals surface area contributed by atoms with Gasteiger partial charge in [0.05, 0.1) is 13.2 Å². The molecule has 2 heterocycles. The van der Waals surface area contributed by atoms with Crippen molar-refractivity contribution < 1.29 is 4.74 Å². The van der Waals surface area contributed by atoms with Crippen molar-refractivity contribution in [1.82, 2.24) is 14.9 Å². The molecule has 4 N–H and O–H groups in total. The van der Waals surface area contributed by atoms with E-state index in [4.69, 9.17) is 10.5 Å². The standard InChI is InChI=1S/C13H22N6O/c14-13-17-11(9-12(18-13)16-10-1-2-10)15-3-4-19-5-7-20-8-6-19/h9-10H,1-8H2,(H4,14,15,16,17,18). The first-order valence-corrected chi connectivity index (χ1v) is 7.25. The number of nitrogens with two attached hydrogens (primary N) is 1. The van der Waals surface area contributed by atoms with Crippen LogP contribution in [-0.2, 0) is 4.74 Å². The molecule has 7 nitrogen and oxygen atoms in total. The minimum Gasteiger partial charge on any atom is -0.379 e. The lowest BCUT2D eigenvalue weighted by Gasteiger charge is -2.26. The van der Waals surface area contributed by atoms with Crippen molar-refractivity contribution in [2.24, 2.45) is 0 Å². The predicted molar refractivity (Wildman–Crippen MR) is 78.8 cm³/mol. The summed E-state index contributed by atoms with van der Waals surface area (Å²) < 4.78 is 5.33. The zero-order chi connectivity index (χ0) is 13.8. The SMILES string of the molecule is Nc1nc(NCCN2CCOCC2)cc(NC2CC2)n1. The van der Waals surface area contributed by atoms with Gasteiger partial charge in [0.15, 0.2) is 0 Å². The fraction of sp³-hybridized carbons (Fsp3) is 0.692. The van der Waals surface area contributed by atoms with Crippen molar-refractivity contribution in [2.45, 2.75) is 18.9 Å². The fourth-order valence-corrected chi connectivity index (χ4v) is 2.23. The van der Waals surface area contributed by atoms with Gasteiger partial charge < -0.3 is 21.1 Å². The molecule has 1 saturated carbocycles. The molecule has 0 spiro atoms. The molecule has 1 saturated heterocycles. The lowest BCUT2D eigenvalue weighted by atomic mass is 10.4. The Bertz CT molecular complexity index is 444. The number of ether oxygens (including phenoxy) is 1. The summed E-state index contributed by atoms with van der Waals surface area (Å²) in [5, 5.41) is 6.65. The molecule has 1 aromatic heterocycles. The Kier molecular flexibility index (Phi) is 4.17. The highest BCUT2D eigenvalue weighted by Crippen LogP contribution is 2.24. The van der Waals surface area contributed by atoms with Crippen LogP contribution in [0.1, 0.15) is 12.8 Å². The number of rotatable bonds is 6. The maximum atomic E-state index is 5.74. The number of hydrogen-bond acceptors (Lipinski definition) is 7. The van der Waals surface area contributed by atoms with Gasteiger partial charge in [-0.3, -0.25) is 4.90 Å². The van der Waals surface area contributed by atoms with E-state index in [-0.39, 0.29) is 0 Å². The molecule has 0 amide bonds. The Hall–Kier alpha value is -1.60. The Morgan fingerprint density at radius 1 is 1.25 bits per heavy atom. The maximum absolute atomic E-state index is 5.74. The van der Waals surface area contributed by atoms with E-state index >= 15 is 0 Å². The minimum absolute atomic E-state index is 0.310. The second-order valence-electron chi connectivity index (χ2n) is 5.30. The van der Waals surface area contributed by atoms with Crippen LogP contribution in [0.3, 0.4) is 0 Å². The summed E-state index contributed by atoms with van der Waals surface area (Å²) in [5.74, 6) is 1.91. The van der Waals surface area contributed by atoms with Gasteiger partial charge in [-0.05, 0) is 12.8 Å². The second kappa shape index (κ2) is 6.23. The largest absolute Gasteiger partial charge is 0.379 e. The van der Waals surface area contributed by atoms with Crippen molar-refractivity contribution in [3.63, 3.8) is 0 Å². The normalized spacial score (nSPS) is 19.8. The first-order chi connectivity index (χ1) is 9.79. The van der Waals surface area contributed by atoms with E-state index in [0.717, 1.165) is 51.0 Å². The molecule has 0 unspecified atom stereocenters. The molecular formula is C13H22N6O. The summed E-state index contributed by atoms with van der Waals surface area (Å²) in [5.41, 5.74) is 5.74. The van der Waals surface area contributed by atoms with E-state index in [0.29, 0.717) is 12.0 Å². The zero-order valence-corrected chi connectivity index (χ0v) is 11.6. The van der Waals surface area contributed by atoms with Gasteiger partial charge in [0.1, 0.15) is 11.6 Å². The van der Waals surface area contributed by atoms with Crippen LogP contribution >= 0.6 is 0 Å². The highest BCUT2D eigenvalue weighted by Gasteiger charge is 2.21. The molecule has 0 aromatic carbocycles. The monoisotopic (exact) mass is 278 g/mol. The molecule has 2 aliphatic rings. The quantitative estimate of drug-likeness (QED) is 0.693. The van der Waals surface area contributed by atoms with E-state index in [9.17, 15) is 0 Å². The molecule has 1 aliphatic carbocycles. The van der Waals surface area contributed by atoms with Crippen LogP contribution in [0.2, 0.25) is 0 Å². The summed E-state index contributed by atoms with van der Waals surface area (Å²) in [4.78, 5) is 10.8. The van der Waals surface area contributed by atoms with Crippen LogP contribution in [0.5, 0.6) is 0 Å². The van der Waals surface area contributed by atoms with Gasteiger partial charge >= 0.3 is 0 Å². The van der Waals surface area contributed by atoms with Crippen molar-refractivity contribution >= 4 is 17.6 Å². The summed E-state index contributed by atoms with van der Waals surface area (Å²) in [6, 6.07) is 2.49. The van der Waals surface area contributed by atoms with Crippen molar-refractivity contribution in [3.8, 4) is 0 Å². The van der Waals surface area contributed by atoms with Gasteiger partial charge in [0.2, 0.25) is 5.95 Å². The molecule has 7 heteroatoms. The molecule has 2 fully saturated rings. The van der Waals surface area contributed by atoms with Crippen LogP contribution in [-0.4, -0.2) is 60.3 Å². The molecule has 0 atom stereocenters. The van der Waals surface area contributed by atoms with Crippen LogP contribution in [0.15, 0.2) is 6.07 Å². The second-order valence-corrected chi connectivity index (χ2v) is 5.30. The Labute approximate surface area is 118 Å². The molecule has 0 radical (unpaired) electrons. The molecule has 1 aromatic rings. The fourth-order valence-electron chi connectivity index (χ4n) is 2.23. The van der Waals surface area contributed by atoms with Crippen LogP contribution in [0.4, 0.5) is 17.6 Å². The topological polar surface area (TPSA) is 88.3 Å². The molecule has 3 rings (SSSR count). The average molecular weight is 278 g/mol. The third kappa shape index (κ3) is 3.94. The molecule has 0 bridgehead atoms. The predicted octanol–water partition coefficient (Wildman–Crippen LogP) is 0.377. The lowest BCUT2D eigenvalue weighted by Crippen LogP contribution is -2.39. The highest BCUT2D eigenvalue weighted by molar-refractivity contribution is 5.51. The summed E-state index contributed by atoms with van der Waals surface area (Å²) in [6.45, 7) is 5.49. The molecule has 20 heavy (non-hydrogen) atoms. The number of anilines is 3. The van der Waals surface area contributed by atoms with Gasteiger partial charge in [-0.1, -0.05) is 0 Å². The van der Waals surface area contributed by atoms with E-state index in [1.165, 1.54) is 12.8 Å². The Morgan fingerprint density at radius 3 is 2.75 bits per heavy atom. The van der Waals surface area contributed by atoms with Crippen molar-refractivity contribution in [2.75, 3.05) is 55.8 Å². The highest BCUT2D eigenvalue weighted by atomic mass is 16.5. The van der Waals surface area contributed by atoms with E-state index in [1.807, 2.05) is 6.07 Å². The first kappa shape index (κ1) is 13.4. The van der Waals surface area contributed by atoms with Gasteiger partial charge in [-0.15, -0.1) is 0 Å². The Balaban J connectivity index is 1.49. The molecular weight excluding hydrogens is 256 g/mol. The third-order valence-corrected chi connectivity index (χ3v) is 3.51. The zero-order valence-electron chi connectivity index (χ0n) is 11.6. The number of morpholine rings is 1. The van der Waals surface area contributed by atoms with Crippen LogP contribution in [0.25, 0.3) is 0 Å². The number of nitrogen functional groups attached to an aromatic ring is 1. The van der Waals surface area contributed by atoms with E-state index in [2.05, 4.69) is 25.5 Å². The number of aromatic nitrogens is 2. The lowest BCUT2D eigenvalue weighted by molar-refractivity contribution is 0.0398. The summed E-state index contributed by atoms with van der Waals surface area (Å²) in [6.07, 6.45) is 2.42. The van der Waals surface area contributed by atoms with Crippen LogP contribution < -0.4 is 16.4 Å². The molecule has 1 aliphatic heterocycles. The van der Waals surface area contributed by atoms with Gasteiger partial charge in [-0.2, -0.15) is 9.97 Å². The van der Waals surface area contributed by atoms with Gasteiger partial charge in [0, 0.05) is 38.3 Å². The van der Waals surface area contributed by atoms with Crippen molar-refractivity contribution in [1.29, 1.82) is 0 Å². The van der Waals surface area contributed by atoms with Gasteiger partial charge in [0.25, 0.3) is 0 Å². The molecule has 110 valence electrons. The number of nitrogens with one attached hydrogen (secondary N) is 2.